The van der Waals surface area contributed by atoms with Gasteiger partial charge in [0.25, 0.3) is 0 Å². The van der Waals surface area contributed by atoms with Crippen molar-refractivity contribution in [1.29, 1.82) is 5.26 Å². The van der Waals surface area contributed by atoms with Gasteiger partial charge in [-0.3, -0.25) is 0 Å². The van der Waals surface area contributed by atoms with Crippen LogP contribution in [0.15, 0.2) is 22.2 Å². The summed E-state index contributed by atoms with van der Waals surface area (Å²) in [5.74, 6) is 0. The molecule has 0 aliphatic heterocycles. The van der Waals surface area contributed by atoms with Crippen molar-refractivity contribution >= 4 is 28.4 Å². The fourth-order valence-corrected chi connectivity index (χ4v) is 2.26. The molecule has 0 spiro atoms. The van der Waals surface area contributed by atoms with Crippen molar-refractivity contribution < 1.29 is 0 Å². The molecule has 3 nitrogen and oxygen atoms in total. The highest BCUT2D eigenvalue weighted by atomic mass is 32.1. The minimum absolute atomic E-state index is 0.497. The Hall–Kier alpha value is -1.38. The van der Waals surface area contributed by atoms with E-state index < -0.39 is 0 Å². The normalized spacial score (nSPS) is 9.64. The van der Waals surface area contributed by atoms with Gasteiger partial charge in [-0.2, -0.15) is 16.6 Å². The number of nitrogens with one attached hydrogen (secondary N) is 1. The standard InChI is InChI=1S/C9H7N3S2/c10-3-8-6-14-9(12-8)4-11-7-1-2-13-5-7/h1-2,5-6,11H,4H2. The van der Waals surface area contributed by atoms with E-state index in [9.17, 15) is 0 Å². The molecule has 1 N–H and O–H groups in total. The number of thiophene rings is 1. The Kier molecular flexibility index (Phi) is 2.77. The highest BCUT2D eigenvalue weighted by molar-refractivity contribution is 7.09. The fraction of sp³-hybridized carbons (Fsp3) is 0.111. The molecule has 70 valence electrons. The minimum Gasteiger partial charge on any atom is -0.378 e. The van der Waals surface area contributed by atoms with Crippen LogP contribution in [0, 0.1) is 11.3 Å². The Balaban J connectivity index is 1.96. The molecule has 0 atom stereocenters. The van der Waals surface area contributed by atoms with Crippen LogP contribution in [-0.2, 0) is 6.54 Å². The van der Waals surface area contributed by atoms with E-state index in [1.54, 1.807) is 16.7 Å². The van der Waals surface area contributed by atoms with Gasteiger partial charge in [0, 0.05) is 16.4 Å². The Morgan fingerprint density at radius 3 is 3.07 bits per heavy atom. The molecule has 0 radical (unpaired) electrons. The zero-order valence-electron chi connectivity index (χ0n) is 7.23. The van der Waals surface area contributed by atoms with Crippen molar-refractivity contribution in [2.75, 3.05) is 5.32 Å². The summed E-state index contributed by atoms with van der Waals surface area (Å²) in [5, 5.41) is 18.6. The van der Waals surface area contributed by atoms with E-state index in [1.165, 1.54) is 11.3 Å². The summed E-state index contributed by atoms with van der Waals surface area (Å²) in [4.78, 5) is 4.13. The van der Waals surface area contributed by atoms with Gasteiger partial charge in [0.15, 0.2) is 5.69 Å². The van der Waals surface area contributed by atoms with Crippen molar-refractivity contribution in [2.45, 2.75) is 6.54 Å². The summed E-state index contributed by atoms with van der Waals surface area (Å²) >= 11 is 3.16. The second-order valence-corrected chi connectivity index (χ2v) is 4.33. The van der Waals surface area contributed by atoms with E-state index in [0.717, 1.165) is 10.7 Å². The quantitative estimate of drug-likeness (QED) is 0.866. The van der Waals surface area contributed by atoms with Gasteiger partial charge in [-0.1, -0.05) is 0 Å². The predicted octanol–water partition coefficient (Wildman–Crippen LogP) is 2.69. The second-order valence-electron chi connectivity index (χ2n) is 2.60. The van der Waals surface area contributed by atoms with E-state index in [2.05, 4.69) is 10.3 Å². The molecule has 0 saturated heterocycles. The SMILES string of the molecule is N#Cc1csc(CNc2ccsc2)n1. The lowest BCUT2D eigenvalue weighted by atomic mass is 10.5. The van der Waals surface area contributed by atoms with Crippen molar-refractivity contribution in [3.63, 3.8) is 0 Å². The third-order valence-electron chi connectivity index (χ3n) is 1.63. The Labute approximate surface area is 89.7 Å². The number of rotatable bonds is 3. The predicted molar refractivity (Wildman–Crippen MR) is 58.5 cm³/mol. The molecule has 0 saturated carbocycles. The molecule has 5 heteroatoms. The lowest BCUT2D eigenvalue weighted by molar-refractivity contribution is 1.10. The summed E-state index contributed by atoms with van der Waals surface area (Å²) in [6.45, 7) is 0.684. The third kappa shape index (κ3) is 2.10. The minimum atomic E-state index is 0.497. The van der Waals surface area contributed by atoms with Crippen molar-refractivity contribution in [3.8, 4) is 6.07 Å². The third-order valence-corrected chi connectivity index (χ3v) is 3.16. The summed E-state index contributed by atoms with van der Waals surface area (Å²) in [7, 11) is 0. The first-order valence-corrected chi connectivity index (χ1v) is 5.81. The van der Waals surface area contributed by atoms with Gasteiger partial charge in [-0.05, 0) is 11.4 Å². The Morgan fingerprint density at radius 1 is 1.50 bits per heavy atom. The number of anilines is 1. The van der Waals surface area contributed by atoms with Crippen molar-refractivity contribution in [1.82, 2.24) is 4.98 Å². The van der Waals surface area contributed by atoms with Crippen LogP contribution in [0.3, 0.4) is 0 Å². The maximum atomic E-state index is 8.58. The van der Waals surface area contributed by atoms with Gasteiger partial charge in [0.1, 0.15) is 11.1 Å². The molecular formula is C9H7N3S2. The molecule has 0 amide bonds. The first-order chi connectivity index (χ1) is 6.88. The number of nitrogens with zero attached hydrogens (tertiary/aromatic N) is 2. The molecule has 0 unspecified atom stereocenters. The van der Waals surface area contributed by atoms with Crippen LogP contribution in [0.5, 0.6) is 0 Å². The van der Waals surface area contributed by atoms with E-state index >= 15 is 0 Å². The van der Waals surface area contributed by atoms with Crippen LogP contribution >= 0.6 is 22.7 Å². The monoisotopic (exact) mass is 221 g/mol. The van der Waals surface area contributed by atoms with Crippen LogP contribution in [-0.4, -0.2) is 4.98 Å². The van der Waals surface area contributed by atoms with Crippen LogP contribution in [0.2, 0.25) is 0 Å². The average Bonchev–Trinajstić information content (AvgIpc) is 2.86. The summed E-state index contributed by atoms with van der Waals surface area (Å²) in [6, 6.07) is 4.03. The highest BCUT2D eigenvalue weighted by Crippen LogP contribution is 2.15. The zero-order valence-corrected chi connectivity index (χ0v) is 8.86. The molecule has 0 bridgehead atoms. The number of thiazole rings is 1. The smallest absolute Gasteiger partial charge is 0.151 e. The first kappa shape index (κ1) is 9.19. The molecule has 0 aliphatic carbocycles. The molecule has 0 fully saturated rings. The van der Waals surface area contributed by atoms with E-state index in [-0.39, 0.29) is 0 Å². The lowest BCUT2D eigenvalue weighted by Crippen LogP contribution is -1.97. The first-order valence-electron chi connectivity index (χ1n) is 3.99. The van der Waals surface area contributed by atoms with Crippen LogP contribution in [0.25, 0.3) is 0 Å². The van der Waals surface area contributed by atoms with Crippen molar-refractivity contribution in [2.24, 2.45) is 0 Å². The number of aromatic nitrogens is 1. The molecule has 2 heterocycles. The van der Waals surface area contributed by atoms with Gasteiger partial charge in [-0.15, -0.1) is 11.3 Å². The fourth-order valence-electron chi connectivity index (χ4n) is 0.986. The second kappa shape index (κ2) is 4.22. The van der Waals surface area contributed by atoms with Gasteiger partial charge in [0.2, 0.25) is 0 Å². The Morgan fingerprint density at radius 2 is 2.43 bits per heavy atom. The molecule has 14 heavy (non-hydrogen) atoms. The number of hydrogen-bond donors (Lipinski definition) is 1. The molecule has 0 aromatic carbocycles. The molecule has 2 aromatic heterocycles. The van der Waals surface area contributed by atoms with Gasteiger partial charge >= 0.3 is 0 Å². The Bertz CT molecular complexity index is 439. The molecule has 0 aliphatic rings. The van der Waals surface area contributed by atoms with E-state index in [4.69, 9.17) is 5.26 Å². The van der Waals surface area contributed by atoms with Crippen LogP contribution < -0.4 is 5.32 Å². The van der Waals surface area contributed by atoms with Crippen molar-refractivity contribution in [3.05, 3.63) is 32.9 Å². The van der Waals surface area contributed by atoms with Gasteiger partial charge in [-0.25, -0.2) is 4.98 Å². The molecule has 2 rings (SSSR count). The van der Waals surface area contributed by atoms with E-state index in [0.29, 0.717) is 12.2 Å². The van der Waals surface area contributed by atoms with Crippen LogP contribution in [0.1, 0.15) is 10.7 Å². The maximum Gasteiger partial charge on any atom is 0.151 e. The largest absolute Gasteiger partial charge is 0.378 e. The number of nitriles is 1. The summed E-state index contributed by atoms with van der Waals surface area (Å²) in [5.41, 5.74) is 1.60. The zero-order chi connectivity index (χ0) is 9.80. The van der Waals surface area contributed by atoms with Gasteiger partial charge in [0.05, 0.1) is 6.54 Å². The molecular weight excluding hydrogens is 214 g/mol. The highest BCUT2D eigenvalue weighted by Gasteiger charge is 2.00. The molecule has 2 aromatic rings. The average molecular weight is 221 g/mol. The summed E-state index contributed by atoms with van der Waals surface area (Å²) < 4.78 is 0. The van der Waals surface area contributed by atoms with Gasteiger partial charge < -0.3 is 5.32 Å². The van der Waals surface area contributed by atoms with E-state index in [1.807, 2.05) is 22.9 Å². The lowest BCUT2D eigenvalue weighted by Gasteiger charge is -1.98. The topological polar surface area (TPSA) is 48.7 Å². The summed E-state index contributed by atoms with van der Waals surface area (Å²) in [6.07, 6.45) is 0. The number of hydrogen-bond acceptors (Lipinski definition) is 5. The van der Waals surface area contributed by atoms with Crippen LogP contribution in [0.4, 0.5) is 5.69 Å². The maximum absolute atomic E-state index is 8.58.